The molecule has 0 aliphatic carbocycles. The molecule has 0 unspecified atom stereocenters. The predicted molar refractivity (Wildman–Crippen MR) is 74.5 cm³/mol. The Morgan fingerprint density at radius 1 is 1.06 bits per heavy atom. The Morgan fingerprint density at radius 3 is 2.50 bits per heavy atom. The van der Waals surface area contributed by atoms with Crippen LogP contribution >= 0.6 is 15.9 Å². The smallest absolute Gasteiger partial charge is 0.170 e. The maximum Gasteiger partial charge on any atom is 0.170 e. The van der Waals surface area contributed by atoms with Crippen LogP contribution in [0, 0.1) is 13.8 Å². The second-order valence-corrected chi connectivity index (χ2v) is 4.91. The SMILES string of the molecule is COc1cc(C)c(Br)cc1Oc1cncc(C)c1. The Morgan fingerprint density at radius 2 is 1.83 bits per heavy atom. The lowest BCUT2D eigenvalue weighted by Crippen LogP contribution is -1.92. The van der Waals surface area contributed by atoms with E-state index >= 15 is 0 Å². The van der Waals surface area contributed by atoms with Crippen molar-refractivity contribution in [2.75, 3.05) is 7.11 Å². The highest BCUT2D eigenvalue weighted by Crippen LogP contribution is 2.35. The first-order valence-electron chi connectivity index (χ1n) is 5.54. The molecule has 1 heterocycles. The lowest BCUT2D eigenvalue weighted by Gasteiger charge is -2.12. The molecule has 0 saturated carbocycles. The van der Waals surface area contributed by atoms with Crippen LogP contribution in [0.5, 0.6) is 17.2 Å². The van der Waals surface area contributed by atoms with E-state index < -0.39 is 0 Å². The number of hydrogen-bond acceptors (Lipinski definition) is 3. The van der Waals surface area contributed by atoms with Gasteiger partial charge in [0.1, 0.15) is 5.75 Å². The maximum atomic E-state index is 5.80. The van der Waals surface area contributed by atoms with Crippen molar-refractivity contribution in [3.63, 3.8) is 0 Å². The lowest BCUT2D eigenvalue weighted by molar-refractivity contribution is 0.377. The quantitative estimate of drug-likeness (QED) is 0.849. The molecule has 2 aromatic rings. The monoisotopic (exact) mass is 307 g/mol. The van der Waals surface area contributed by atoms with Gasteiger partial charge in [0, 0.05) is 10.7 Å². The normalized spacial score (nSPS) is 10.2. The molecule has 4 heteroatoms. The van der Waals surface area contributed by atoms with Gasteiger partial charge in [-0.25, -0.2) is 0 Å². The summed E-state index contributed by atoms with van der Waals surface area (Å²) in [5.41, 5.74) is 2.15. The average Bonchev–Trinajstić information content (AvgIpc) is 2.33. The van der Waals surface area contributed by atoms with Crippen molar-refractivity contribution in [3.8, 4) is 17.2 Å². The van der Waals surface area contributed by atoms with Crippen molar-refractivity contribution in [3.05, 3.63) is 46.2 Å². The summed E-state index contributed by atoms with van der Waals surface area (Å²) < 4.78 is 12.1. The number of ether oxygens (including phenoxy) is 2. The van der Waals surface area contributed by atoms with Crippen molar-refractivity contribution >= 4 is 15.9 Å². The molecule has 0 fully saturated rings. The number of benzene rings is 1. The molecule has 18 heavy (non-hydrogen) atoms. The van der Waals surface area contributed by atoms with Crippen LogP contribution in [-0.4, -0.2) is 12.1 Å². The average molecular weight is 308 g/mol. The summed E-state index contributed by atoms with van der Waals surface area (Å²) >= 11 is 3.49. The van der Waals surface area contributed by atoms with E-state index in [1.807, 2.05) is 32.0 Å². The zero-order chi connectivity index (χ0) is 13.1. The van der Waals surface area contributed by atoms with Gasteiger partial charge in [-0.15, -0.1) is 0 Å². The number of rotatable bonds is 3. The molecule has 0 aliphatic rings. The summed E-state index contributed by atoms with van der Waals surface area (Å²) in [6.07, 6.45) is 3.47. The second kappa shape index (κ2) is 5.40. The largest absolute Gasteiger partial charge is 0.493 e. The van der Waals surface area contributed by atoms with E-state index in [2.05, 4.69) is 20.9 Å². The zero-order valence-corrected chi connectivity index (χ0v) is 12.1. The highest BCUT2D eigenvalue weighted by atomic mass is 79.9. The standard InChI is InChI=1S/C14H14BrNO2/c1-9-4-11(8-16-7-9)18-14-6-12(15)10(2)5-13(14)17-3/h4-8H,1-3H3. The van der Waals surface area contributed by atoms with E-state index in [-0.39, 0.29) is 0 Å². The van der Waals surface area contributed by atoms with E-state index in [0.717, 1.165) is 15.6 Å². The van der Waals surface area contributed by atoms with Crippen LogP contribution in [0.4, 0.5) is 0 Å². The molecule has 94 valence electrons. The van der Waals surface area contributed by atoms with Gasteiger partial charge in [-0.3, -0.25) is 4.98 Å². The summed E-state index contributed by atoms with van der Waals surface area (Å²) in [5.74, 6) is 2.07. The second-order valence-electron chi connectivity index (χ2n) is 4.05. The summed E-state index contributed by atoms with van der Waals surface area (Å²) in [5, 5.41) is 0. The van der Waals surface area contributed by atoms with Crippen molar-refractivity contribution in [2.24, 2.45) is 0 Å². The number of halogens is 1. The zero-order valence-electron chi connectivity index (χ0n) is 10.5. The molecule has 0 amide bonds. The third-order valence-corrected chi connectivity index (χ3v) is 3.38. The Hall–Kier alpha value is -1.55. The lowest BCUT2D eigenvalue weighted by atomic mass is 10.2. The first-order valence-corrected chi connectivity index (χ1v) is 6.33. The van der Waals surface area contributed by atoms with Crippen molar-refractivity contribution < 1.29 is 9.47 Å². The Labute approximate surface area is 115 Å². The molecule has 0 atom stereocenters. The van der Waals surface area contributed by atoms with Crippen LogP contribution in [0.25, 0.3) is 0 Å². The minimum atomic E-state index is 0.669. The number of methoxy groups -OCH3 is 1. The Kier molecular flexibility index (Phi) is 3.87. The number of nitrogens with zero attached hydrogens (tertiary/aromatic N) is 1. The van der Waals surface area contributed by atoms with Crippen molar-refractivity contribution in [1.29, 1.82) is 0 Å². The van der Waals surface area contributed by atoms with Crippen LogP contribution in [0.2, 0.25) is 0 Å². The van der Waals surface area contributed by atoms with Crippen molar-refractivity contribution in [1.82, 2.24) is 4.98 Å². The molecule has 2 rings (SSSR count). The number of pyridine rings is 1. The van der Waals surface area contributed by atoms with Crippen LogP contribution < -0.4 is 9.47 Å². The maximum absolute atomic E-state index is 5.80. The Bertz CT molecular complexity index is 570. The van der Waals surface area contributed by atoms with E-state index in [4.69, 9.17) is 9.47 Å². The van der Waals surface area contributed by atoms with E-state index in [1.165, 1.54) is 0 Å². The van der Waals surface area contributed by atoms with Gasteiger partial charge in [0.15, 0.2) is 11.5 Å². The minimum absolute atomic E-state index is 0.669. The fourth-order valence-electron chi connectivity index (χ4n) is 1.59. The number of hydrogen-bond donors (Lipinski definition) is 0. The fraction of sp³-hybridized carbons (Fsp3) is 0.214. The third-order valence-electron chi connectivity index (χ3n) is 2.52. The summed E-state index contributed by atoms with van der Waals surface area (Å²) in [6.45, 7) is 3.98. The molecule has 0 spiro atoms. The van der Waals surface area contributed by atoms with Crippen LogP contribution in [0.1, 0.15) is 11.1 Å². The van der Waals surface area contributed by atoms with Gasteiger partial charge in [0.25, 0.3) is 0 Å². The molecule has 3 nitrogen and oxygen atoms in total. The highest BCUT2D eigenvalue weighted by Gasteiger charge is 2.09. The van der Waals surface area contributed by atoms with Gasteiger partial charge in [0.05, 0.1) is 13.3 Å². The van der Waals surface area contributed by atoms with Gasteiger partial charge >= 0.3 is 0 Å². The molecular weight excluding hydrogens is 294 g/mol. The molecular formula is C14H14BrNO2. The van der Waals surface area contributed by atoms with Gasteiger partial charge in [-0.2, -0.15) is 0 Å². The molecule has 1 aromatic heterocycles. The molecule has 0 bridgehead atoms. The minimum Gasteiger partial charge on any atom is -0.493 e. The molecule has 0 aliphatic heterocycles. The van der Waals surface area contributed by atoms with Gasteiger partial charge in [-0.1, -0.05) is 15.9 Å². The van der Waals surface area contributed by atoms with E-state index in [9.17, 15) is 0 Å². The first kappa shape index (κ1) is 12.9. The summed E-state index contributed by atoms with van der Waals surface area (Å²) in [7, 11) is 1.63. The molecule has 0 saturated heterocycles. The Balaban J connectivity index is 2.36. The van der Waals surface area contributed by atoms with Crippen LogP contribution in [-0.2, 0) is 0 Å². The molecule has 0 N–H and O–H groups in total. The van der Waals surface area contributed by atoms with E-state index in [1.54, 1.807) is 19.5 Å². The predicted octanol–water partition coefficient (Wildman–Crippen LogP) is 4.26. The van der Waals surface area contributed by atoms with Gasteiger partial charge in [0.2, 0.25) is 0 Å². The third kappa shape index (κ3) is 2.82. The number of aromatic nitrogens is 1. The summed E-state index contributed by atoms with van der Waals surface area (Å²) in [6, 6.07) is 5.76. The summed E-state index contributed by atoms with van der Waals surface area (Å²) in [4.78, 5) is 4.10. The molecule has 0 radical (unpaired) electrons. The van der Waals surface area contributed by atoms with Crippen LogP contribution in [0.3, 0.4) is 0 Å². The van der Waals surface area contributed by atoms with Crippen molar-refractivity contribution in [2.45, 2.75) is 13.8 Å². The van der Waals surface area contributed by atoms with E-state index in [0.29, 0.717) is 17.2 Å². The molecule has 1 aromatic carbocycles. The van der Waals surface area contributed by atoms with Gasteiger partial charge in [-0.05, 0) is 43.2 Å². The highest BCUT2D eigenvalue weighted by molar-refractivity contribution is 9.10. The first-order chi connectivity index (χ1) is 8.60. The van der Waals surface area contributed by atoms with Gasteiger partial charge < -0.3 is 9.47 Å². The topological polar surface area (TPSA) is 31.4 Å². The fourth-order valence-corrected chi connectivity index (χ4v) is 1.91. The van der Waals surface area contributed by atoms with Crippen LogP contribution in [0.15, 0.2) is 35.1 Å². The number of aryl methyl sites for hydroxylation is 2.